The molecule has 5 aliphatic carbocycles. The Labute approximate surface area is 565 Å². The van der Waals surface area contributed by atoms with Gasteiger partial charge in [-0.15, -0.1) is 0 Å². The summed E-state index contributed by atoms with van der Waals surface area (Å²) in [6.07, 6.45) is 24.0. The molecule has 3 heteroatoms. The first-order chi connectivity index (χ1) is 46.5. The fourth-order valence-electron chi connectivity index (χ4n) is 19.7. The highest BCUT2D eigenvalue weighted by molar-refractivity contribution is 5.95. The largest absolute Gasteiger partial charge is 0.256 e. The molecule has 3 nitrogen and oxygen atoms in total. The Bertz CT molecular complexity index is 4510. The lowest BCUT2D eigenvalue weighted by atomic mass is 9.44. The van der Waals surface area contributed by atoms with Crippen LogP contribution in [0, 0.1) is 52.3 Å². The second-order valence-electron chi connectivity index (χ2n) is 30.6. The van der Waals surface area contributed by atoms with Crippen molar-refractivity contribution in [3.63, 3.8) is 0 Å². The molecule has 0 saturated heterocycles. The smallest absolute Gasteiger partial charge is 0.0708 e. The third-order valence-electron chi connectivity index (χ3n) is 24.9. The number of aromatic nitrogens is 3. The van der Waals surface area contributed by atoms with E-state index in [1.807, 2.05) is 30.7 Å². The van der Waals surface area contributed by atoms with Crippen molar-refractivity contribution in [2.75, 3.05) is 0 Å². The molecule has 5 aliphatic rings. The fraction of sp³-hybridized carbons (Fsp3) is 0.315. The molecular formula is C92H91N3. The summed E-state index contributed by atoms with van der Waals surface area (Å²) in [6.45, 7) is 12.7. The number of nitrogens with zero attached hydrogens (tertiary/aromatic N) is 3. The SMILES string of the molecule is CC1CCC(C(C)C)C(c2ccc(-c3cc(-c4ccccc4-c4ccc(-c5ccccn5)cc4)cc(-c4ccccc4-c4ccc(-c5cc(-c6ccc(C7CCC8(C)C(CCC9C%10CCCC%10(C)CCC98)C7)cc6)ccn5)cc4)c3)c(-c3ccc(-c4ccccn4)cc3)c2)C1. The molecule has 0 aliphatic heterocycles. The van der Waals surface area contributed by atoms with E-state index < -0.39 is 0 Å². The molecule has 16 rings (SSSR count). The van der Waals surface area contributed by atoms with E-state index in [2.05, 4.69) is 258 Å². The molecule has 0 N–H and O–H groups in total. The molecule has 8 aromatic carbocycles. The van der Waals surface area contributed by atoms with E-state index >= 15 is 0 Å². The molecule has 3 heterocycles. The van der Waals surface area contributed by atoms with Gasteiger partial charge in [0.1, 0.15) is 0 Å². The lowest BCUT2D eigenvalue weighted by Crippen LogP contribution is -2.52. The summed E-state index contributed by atoms with van der Waals surface area (Å²) in [5, 5.41) is 0. The van der Waals surface area contributed by atoms with Crippen LogP contribution in [0.3, 0.4) is 0 Å². The Balaban J connectivity index is 0.732. The Morgan fingerprint density at radius 2 is 0.874 bits per heavy atom. The zero-order valence-electron chi connectivity index (χ0n) is 56.4. The summed E-state index contributed by atoms with van der Waals surface area (Å²) in [7, 11) is 0. The van der Waals surface area contributed by atoms with Gasteiger partial charge in [0, 0.05) is 35.3 Å². The first-order valence-corrected chi connectivity index (χ1v) is 36.2. The van der Waals surface area contributed by atoms with Gasteiger partial charge in [-0.1, -0.05) is 223 Å². The molecule has 0 amide bonds. The van der Waals surface area contributed by atoms with Crippen LogP contribution < -0.4 is 0 Å². The van der Waals surface area contributed by atoms with E-state index in [4.69, 9.17) is 9.97 Å². The van der Waals surface area contributed by atoms with Crippen LogP contribution in [0.25, 0.3) is 112 Å². The zero-order chi connectivity index (χ0) is 64.2. The highest BCUT2D eigenvalue weighted by atomic mass is 14.7. The van der Waals surface area contributed by atoms with Gasteiger partial charge in [-0.3, -0.25) is 15.0 Å². The second-order valence-corrected chi connectivity index (χ2v) is 30.6. The summed E-state index contributed by atoms with van der Waals surface area (Å²) >= 11 is 0. The van der Waals surface area contributed by atoms with Crippen LogP contribution in [0.15, 0.2) is 249 Å². The molecule has 3 aromatic heterocycles. The van der Waals surface area contributed by atoms with Gasteiger partial charge in [0.15, 0.2) is 0 Å². The minimum absolute atomic E-state index is 0.501. The Hall–Kier alpha value is -8.79. The lowest BCUT2D eigenvalue weighted by Gasteiger charge is -2.60. The maximum atomic E-state index is 5.00. The number of hydrogen-bond donors (Lipinski definition) is 0. The topological polar surface area (TPSA) is 38.7 Å². The standard InChI is InChI=1S/C92H91N3/c1-60(2)77-41-22-61(3)53-84(77)72-39-42-82(85(58-72)66-31-35-68(36-32-66)89-21-11-13-51-94-89)75-55-73(80-17-8-6-15-78(80)64-27-33-67(34-28-64)88-20-10-12-50-93-88)54-74(56-75)81-18-9-7-16-79(81)65-29-37-69(38-30-65)90-59-71(46-52-95-90)63-25-23-62(24-26-63)70-44-49-92(5)76(57-70)40-43-83-86-19-14-47-91(86,4)48-45-87(83)92/h6-13,15-18,20-21,23-39,42,46,50-52,54-56,58-61,70,76-77,83-84,86-87H,14,19,22,40-41,43-45,47-49,53,57H2,1-5H3. The highest BCUT2D eigenvalue weighted by Gasteiger charge is 2.58. The zero-order valence-corrected chi connectivity index (χ0v) is 56.4. The molecule has 11 aromatic rings. The molecule has 474 valence electrons. The van der Waals surface area contributed by atoms with Gasteiger partial charge in [0.05, 0.1) is 17.1 Å². The quantitative estimate of drug-likeness (QED) is 0.115. The average Bonchev–Trinajstić information content (AvgIpc) is 1.73. The maximum absolute atomic E-state index is 5.00. The Kier molecular flexibility index (Phi) is 16.6. The lowest BCUT2D eigenvalue weighted by molar-refractivity contribution is -0.106. The Morgan fingerprint density at radius 1 is 0.358 bits per heavy atom. The van der Waals surface area contributed by atoms with Gasteiger partial charge >= 0.3 is 0 Å². The predicted molar refractivity (Wildman–Crippen MR) is 397 cm³/mol. The van der Waals surface area contributed by atoms with E-state index in [0.29, 0.717) is 40.4 Å². The van der Waals surface area contributed by atoms with Crippen molar-refractivity contribution in [3.05, 3.63) is 260 Å². The summed E-state index contributed by atoms with van der Waals surface area (Å²) in [5.74, 6) is 6.89. The van der Waals surface area contributed by atoms with Crippen molar-refractivity contribution in [2.45, 2.75) is 130 Å². The first kappa shape index (κ1) is 61.1. The van der Waals surface area contributed by atoms with Gasteiger partial charge in [0.25, 0.3) is 0 Å². The maximum Gasteiger partial charge on any atom is 0.0708 e. The van der Waals surface area contributed by atoms with Crippen molar-refractivity contribution >= 4 is 0 Å². The van der Waals surface area contributed by atoms with Crippen LogP contribution >= 0.6 is 0 Å². The summed E-state index contributed by atoms with van der Waals surface area (Å²) in [4.78, 5) is 14.4. The van der Waals surface area contributed by atoms with Crippen LogP contribution in [0.4, 0.5) is 0 Å². The van der Waals surface area contributed by atoms with Gasteiger partial charge in [-0.25, -0.2) is 0 Å². The van der Waals surface area contributed by atoms with Gasteiger partial charge in [-0.2, -0.15) is 0 Å². The van der Waals surface area contributed by atoms with E-state index in [1.165, 1.54) is 172 Å². The van der Waals surface area contributed by atoms with E-state index in [1.54, 1.807) is 0 Å². The number of pyridine rings is 3. The monoisotopic (exact) mass is 1240 g/mol. The van der Waals surface area contributed by atoms with E-state index in [0.717, 1.165) is 57.4 Å². The van der Waals surface area contributed by atoms with Crippen LogP contribution in [0.2, 0.25) is 0 Å². The van der Waals surface area contributed by atoms with Crippen molar-refractivity contribution in [2.24, 2.45) is 52.3 Å². The van der Waals surface area contributed by atoms with Gasteiger partial charge in [0.2, 0.25) is 0 Å². The molecule has 0 bridgehead atoms. The van der Waals surface area contributed by atoms with Crippen molar-refractivity contribution < 1.29 is 0 Å². The van der Waals surface area contributed by atoms with Crippen LogP contribution in [0.1, 0.15) is 141 Å². The minimum Gasteiger partial charge on any atom is -0.256 e. The third-order valence-corrected chi connectivity index (χ3v) is 24.9. The minimum atomic E-state index is 0.501. The third kappa shape index (κ3) is 11.8. The molecule has 0 spiro atoms. The van der Waals surface area contributed by atoms with Crippen molar-refractivity contribution in [1.82, 2.24) is 15.0 Å². The number of fused-ring (bicyclic) bond motifs is 5. The van der Waals surface area contributed by atoms with Gasteiger partial charge in [-0.05, 0) is 278 Å². The van der Waals surface area contributed by atoms with Crippen molar-refractivity contribution in [1.29, 1.82) is 0 Å². The van der Waals surface area contributed by atoms with Crippen LogP contribution in [-0.4, -0.2) is 15.0 Å². The van der Waals surface area contributed by atoms with E-state index in [9.17, 15) is 0 Å². The Morgan fingerprint density at radius 3 is 1.45 bits per heavy atom. The summed E-state index contributed by atoms with van der Waals surface area (Å²) < 4.78 is 0. The van der Waals surface area contributed by atoms with Crippen LogP contribution in [0.5, 0.6) is 0 Å². The summed E-state index contributed by atoms with van der Waals surface area (Å²) in [6, 6.07) is 86.5. The molecule has 10 unspecified atom stereocenters. The first-order valence-electron chi connectivity index (χ1n) is 36.2. The predicted octanol–water partition coefficient (Wildman–Crippen LogP) is 25.2. The van der Waals surface area contributed by atoms with E-state index in [-0.39, 0.29) is 0 Å². The normalized spacial score (nSPS) is 24.7. The summed E-state index contributed by atoms with van der Waals surface area (Å²) in [5.41, 5.74) is 27.2. The molecule has 10 atom stereocenters. The number of hydrogen-bond acceptors (Lipinski definition) is 3. The molecular weight excluding hydrogens is 1150 g/mol. The molecule has 5 fully saturated rings. The van der Waals surface area contributed by atoms with Crippen LogP contribution in [-0.2, 0) is 0 Å². The molecule has 5 saturated carbocycles. The highest BCUT2D eigenvalue weighted by Crippen LogP contribution is 2.67. The number of rotatable bonds is 13. The average molecular weight is 1240 g/mol. The van der Waals surface area contributed by atoms with Gasteiger partial charge < -0.3 is 0 Å². The molecule has 0 radical (unpaired) electrons. The molecule has 95 heavy (non-hydrogen) atoms. The number of benzene rings is 8. The second kappa shape index (κ2) is 25.7. The van der Waals surface area contributed by atoms with Crippen molar-refractivity contribution in [3.8, 4) is 112 Å². The fourth-order valence-corrected chi connectivity index (χ4v) is 19.7.